The minimum absolute atomic E-state index is 1.03. The lowest BCUT2D eigenvalue weighted by molar-refractivity contribution is 0.893. The lowest BCUT2D eigenvalue weighted by Crippen LogP contribution is -2.08. The monoisotopic (exact) mass is 287 g/mol. The summed E-state index contributed by atoms with van der Waals surface area (Å²) < 4.78 is 2.07. The third-order valence-electron chi connectivity index (χ3n) is 4.18. The first kappa shape index (κ1) is 12.9. The summed E-state index contributed by atoms with van der Waals surface area (Å²) in [6.07, 6.45) is 2.03. The summed E-state index contributed by atoms with van der Waals surface area (Å²) in [7, 11) is 4.13. The molecule has 2 aliphatic heterocycles. The predicted octanol–water partition coefficient (Wildman–Crippen LogP) is 4.45. The molecule has 0 saturated heterocycles. The molecule has 0 saturated carbocycles. The van der Waals surface area contributed by atoms with E-state index in [4.69, 9.17) is 4.98 Å². The molecule has 0 N–H and O–H groups in total. The van der Waals surface area contributed by atoms with Crippen LogP contribution in [0.3, 0.4) is 0 Å². The maximum Gasteiger partial charge on any atom is 0.140 e. The van der Waals surface area contributed by atoms with Crippen LogP contribution in [-0.4, -0.2) is 16.6 Å². The molecule has 0 aromatic heterocycles. The van der Waals surface area contributed by atoms with Gasteiger partial charge in [-0.15, -0.1) is 0 Å². The van der Waals surface area contributed by atoms with E-state index in [1.54, 1.807) is 0 Å². The van der Waals surface area contributed by atoms with Crippen molar-refractivity contribution in [2.45, 2.75) is 0 Å². The summed E-state index contributed by atoms with van der Waals surface area (Å²) in [5.41, 5.74) is 4.58. The van der Waals surface area contributed by atoms with Crippen LogP contribution in [0, 0.1) is 0 Å². The fraction of sp³-hybridized carbons (Fsp3) is 0.105. The second-order valence-corrected chi connectivity index (χ2v) is 5.56. The van der Waals surface area contributed by atoms with Crippen LogP contribution in [0.2, 0.25) is 0 Å². The Hall–Kier alpha value is -2.81. The Morgan fingerprint density at radius 2 is 1.73 bits per heavy atom. The maximum absolute atomic E-state index is 4.73. The molecule has 108 valence electrons. The van der Waals surface area contributed by atoms with E-state index in [0.717, 1.165) is 11.3 Å². The topological polar surface area (TPSA) is 21.1 Å². The number of anilines is 2. The molecule has 0 atom stereocenters. The summed E-state index contributed by atoms with van der Waals surface area (Å²) in [5, 5.41) is 1.20. The van der Waals surface area contributed by atoms with Crippen LogP contribution >= 0.6 is 0 Å². The minimum Gasteiger partial charge on any atom is -0.345 e. The van der Waals surface area contributed by atoms with Gasteiger partial charge in [-0.3, -0.25) is 0 Å². The number of nitrogens with zero attached hydrogens (tertiary/aromatic N) is 3. The lowest BCUT2D eigenvalue weighted by atomic mass is 10.1. The van der Waals surface area contributed by atoms with Gasteiger partial charge in [-0.2, -0.15) is 0 Å². The molecule has 2 heterocycles. The Morgan fingerprint density at radius 1 is 0.909 bits per heavy atom. The molecule has 3 heteroatoms. The van der Waals surface area contributed by atoms with Gasteiger partial charge in [-0.05, 0) is 42.5 Å². The summed E-state index contributed by atoms with van der Waals surface area (Å²) in [6, 6.07) is 21.0. The van der Waals surface area contributed by atoms with Crippen LogP contribution < -0.4 is 4.90 Å². The van der Waals surface area contributed by atoms with Crippen molar-refractivity contribution in [1.82, 2.24) is 9.55 Å². The standard InChI is InChI=1S/C19H17N3/c1-21-12-6-9-16-17-13-15(10-11-18(17)20-19(16)21)22(2)14-7-4-3-5-8-14/h3-13H,1-2H3. The van der Waals surface area contributed by atoms with Crippen molar-refractivity contribution in [1.29, 1.82) is 0 Å². The second-order valence-electron chi connectivity index (χ2n) is 5.56. The molecule has 0 amide bonds. The number of aromatic nitrogens is 2. The van der Waals surface area contributed by atoms with Crippen LogP contribution in [-0.2, 0) is 7.05 Å². The predicted molar refractivity (Wildman–Crippen MR) is 91.8 cm³/mol. The molecule has 0 fully saturated rings. The average Bonchev–Trinajstić information content (AvgIpc) is 2.94. The number of pyridine rings is 1. The molecule has 2 aliphatic rings. The van der Waals surface area contributed by atoms with E-state index in [2.05, 4.69) is 71.1 Å². The van der Waals surface area contributed by atoms with Gasteiger partial charge in [-0.1, -0.05) is 18.2 Å². The highest BCUT2D eigenvalue weighted by Gasteiger charge is 2.14. The van der Waals surface area contributed by atoms with Gasteiger partial charge in [0.1, 0.15) is 5.82 Å². The van der Waals surface area contributed by atoms with Gasteiger partial charge in [0.25, 0.3) is 0 Å². The summed E-state index contributed by atoms with van der Waals surface area (Å²) in [5.74, 6) is 1.03. The number of benzene rings is 2. The van der Waals surface area contributed by atoms with Crippen LogP contribution in [0.15, 0.2) is 66.9 Å². The highest BCUT2D eigenvalue weighted by molar-refractivity contribution is 5.98. The number of para-hydroxylation sites is 1. The summed E-state index contributed by atoms with van der Waals surface area (Å²) >= 11 is 0. The van der Waals surface area contributed by atoms with Crippen LogP contribution in [0.4, 0.5) is 11.4 Å². The van der Waals surface area contributed by atoms with Crippen molar-refractivity contribution in [2.24, 2.45) is 7.05 Å². The number of hydrogen-bond donors (Lipinski definition) is 0. The van der Waals surface area contributed by atoms with Crippen molar-refractivity contribution in [3.8, 4) is 11.4 Å². The Labute approximate surface area is 129 Å². The highest BCUT2D eigenvalue weighted by atomic mass is 15.1. The van der Waals surface area contributed by atoms with Gasteiger partial charge in [0.05, 0.1) is 5.52 Å². The Kier molecular flexibility index (Phi) is 2.86. The van der Waals surface area contributed by atoms with Crippen molar-refractivity contribution in [3.05, 3.63) is 66.9 Å². The van der Waals surface area contributed by atoms with E-state index in [-0.39, 0.29) is 0 Å². The third-order valence-corrected chi connectivity index (χ3v) is 4.18. The van der Waals surface area contributed by atoms with Gasteiger partial charge in [0.15, 0.2) is 0 Å². The van der Waals surface area contributed by atoms with Gasteiger partial charge >= 0.3 is 0 Å². The molecule has 3 nitrogen and oxygen atoms in total. The minimum atomic E-state index is 1.03. The molecule has 4 rings (SSSR count). The summed E-state index contributed by atoms with van der Waals surface area (Å²) in [6.45, 7) is 0. The molecule has 0 radical (unpaired) electrons. The van der Waals surface area contributed by atoms with E-state index < -0.39 is 0 Å². The molecule has 22 heavy (non-hydrogen) atoms. The van der Waals surface area contributed by atoms with E-state index in [0.29, 0.717) is 0 Å². The van der Waals surface area contributed by atoms with Crippen molar-refractivity contribution < 1.29 is 0 Å². The normalized spacial score (nSPS) is 11.2. The van der Waals surface area contributed by atoms with E-state index in [1.165, 1.54) is 22.3 Å². The smallest absolute Gasteiger partial charge is 0.140 e. The van der Waals surface area contributed by atoms with Crippen LogP contribution in [0.5, 0.6) is 0 Å². The lowest BCUT2D eigenvalue weighted by Gasteiger charge is -2.19. The second kappa shape index (κ2) is 4.88. The van der Waals surface area contributed by atoms with Gasteiger partial charge in [-0.25, -0.2) is 4.98 Å². The largest absolute Gasteiger partial charge is 0.345 e. The zero-order chi connectivity index (χ0) is 15.1. The number of hydrogen-bond acceptors (Lipinski definition) is 2. The molecule has 2 aromatic carbocycles. The van der Waals surface area contributed by atoms with Gasteiger partial charge in [0, 0.05) is 42.6 Å². The number of fused-ring (bicyclic) bond motifs is 3. The molecular weight excluding hydrogens is 270 g/mol. The zero-order valence-electron chi connectivity index (χ0n) is 12.7. The van der Waals surface area contributed by atoms with E-state index in [1.807, 2.05) is 19.3 Å². The van der Waals surface area contributed by atoms with Gasteiger partial charge < -0.3 is 9.47 Å². The van der Waals surface area contributed by atoms with Crippen LogP contribution in [0.1, 0.15) is 0 Å². The van der Waals surface area contributed by atoms with Crippen molar-refractivity contribution in [3.63, 3.8) is 0 Å². The van der Waals surface area contributed by atoms with Crippen molar-refractivity contribution >= 4 is 22.3 Å². The first-order valence-corrected chi connectivity index (χ1v) is 7.37. The van der Waals surface area contributed by atoms with Crippen molar-refractivity contribution in [2.75, 3.05) is 11.9 Å². The molecule has 0 bridgehead atoms. The Bertz CT molecular complexity index is 909. The Balaban J connectivity index is 1.87. The average molecular weight is 287 g/mol. The zero-order valence-corrected chi connectivity index (χ0v) is 12.7. The molecule has 2 aromatic rings. The fourth-order valence-corrected chi connectivity index (χ4v) is 2.91. The molecular formula is C19H17N3. The van der Waals surface area contributed by atoms with Gasteiger partial charge in [0.2, 0.25) is 0 Å². The highest BCUT2D eigenvalue weighted by Crippen LogP contribution is 2.34. The first-order valence-electron chi connectivity index (χ1n) is 7.37. The Morgan fingerprint density at radius 3 is 2.55 bits per heavy atom. The summed E-state index contributed by atoms with van der Waals surface area (Å²) in [4.78, 5) is 6.93. The van der Waals surface area contributed by atoms with E-state index >= 15 is 0 Å². The number of aryl methyl sites for hydroxylation is 1. The third kappa shape index (κ3) is 1.94. The molecule has 0 unspecified atom stereocenters. The first-order chi connectivity index (χ1) is 10.7. The number of rotatable bonds is 2. The fourth-order valence-electron chi connectivity index (χ4n) is 2.91. The molecule has 0 spiro atoms. The van der Waals surface area contributed by atoms with E-state index in [9.17, 15) is 0 Å². The quantitative estimate of drug-likeness (QED) is 0.543. The van der Waals surface area contributed by atoms with Crippen LogP contribution in [0.25, 0.3) is 22.3 Å². The molecule has 0 aliphatic carbocycles. The SMILES string of the molecule is CN(c1ccccc1)c1ccc2nc3n(C)cccc-3c2c1. The maximum atomic E-state index is 4.73.